The minimum Gasteiger partial charge on any atom is -0.465 e. The first-order chi connectivity index (χ1) is 12.7. The topological polar surface area (TPSA) is 73.0 Å². The van der Waals surface area contributed by atoms with E-state index < -0.39 is 0 Å². The van der Waals surface area contributed by atoms with Crippen molar-refractivity contribution in [2.75, 3.05) is 5.32 Å². The second-order valence-corrected chi connectivity index (χ2v) is 7.23. The van der Waals surface area contributed by atoms with Crippen LogP contribution in [0.2, 0.25) is 0 Å². The molecule has 0 spiro atoms. The number of nitrogens with zero attached hydrogens (tertiary/aromatic N) is 3. The molecule has 1 N–H and O–H groups in total. The Kier molecular flexibility index (Phi) is 3.45. The van der Waals surface area contributed by atoms with Crippen molar-refractivity contribution in [3.63, 3.8) is 0 Å². The Hall–Kier alpha value is -2.89. The third kappa shape index (κ3) is 2.81. The zero-order chi connectivity index (χ0) is 17.7. The number of aryl methyl sites for hydroxylation is 1. The summed E-state index contributed by atoms with van der Waals surface area (Å²) in [6, 6.07) is 9.64. The van der Waals surface area contributed by atoms with Gasteiger partial charge in [0.05, 0.1) is 11.3 Å². The van der Waals surface area contributed by atoms with Crippen LogP contribution in [0.4, 0.5) is 5.69 Å². The Morgan fingerprint density at radius 2 is 2.00 bits per heavy atom. The zero-order valence-corrected chi connectivity index (χ0v) is 14.6. The summed E-state index contributed by atoms with van der Waals surface area (Å²) in [5.74, 6) is 3.47. The third-order valence-corrected chi connectivity index (χ3v) is 5.05. The molecule has 26 heavy (non-hydrogen) atoms. The Morgan fingerprint density at radius 1 is 1.19 bits per heavy atom. The second-order valence-electron chi connectivity index (χ2n) is 7.23. The maximum Gasteiger partial charge on any atom is 0.259 e. The molecule has 0 unspecified atom stereocenters. The average Bonchev–Trinajstić information content (AvgIpc) is 3.57. The van der Waals surface area contributed by atoms with E-state index in [0.717, 1.165) is 41.6 Å². The van der Waals surface area contributed by atoms with Crippen LogP contribution in [-0.4, -0.2) is 20.7 Å². The number of carbonyl (C=O) groups excluding carboxylic acids is 1. The number of anilines is 1. The van der Waals surface area contributed by atoms with E-state index in [9.17, 15) is 4.79 Å². The van der Waals surface area contributed by atoms with Crippen molar-refractivity contribution in [3.05, 3.63) is 59.6 Å². The minimum atomic E-state index is -0.0971. The summed E-state index contributed by atoms with van der Waals surface area (Å²) in [4.78, 5) is 12.9. The van der Waals surface area contributed by atoms with E-state index in [1.807, 2.05) is 41.8 Å². The highest BCUT2D eigenvalue weighted by Crippen LogP contribution is 2.47. The van der Waals surface area contributed by atoms with Crippen LogP contribution in [-0.2, 0) is 0 Å². The first-order valence-corrected chi connectivity index (χ1v) is 9.11. The summed E-state index contributed by atoms with van der Waals surface area (Å²) in [7, 11) is 0. The van der Waals surface area contributed by atoms with E-state index in [-0.39, 0.29) is 5.91 Å². The number of carbonyl (C=O) groups is 1. The van der Waals surface area contributed by atoms with Crippen LogP contribution in [0.3, 0.4) is 0 Å². The molecule has 5 rings (SSSR count). The minimum absolute atomic E-state index is 0.0971. The van der Waals surface area contributed by atoms with Gasteiger partial charge < -0.3 is 9.73 Å². The Bertz CT molecular complexity index is 979. The lowest BCUT2D eigenvalue weighted by Gasteiger charge is -2.08. The van der Waals surface area contributed by atoms with Gasteiger partial charge in [0.1, 0.15) is 23.7 Å². The lowest BCUT2D eigenvalue weighted by atomic mass is 10.1. The summed E-state index contributed by atoms with van der Waals surface area (Å²) in [6.07, 6.45) is 6.22. The second kappa shape index (κ2) is 5.83. The maximum atomic E-state index is 12.9. The molecule has 3 aromatic rings. The number of hydrogen-bond donors (Lipinski definition) is 1. The number of benzene rings is 1. The van der Waals surface area contributed by atoms with Gasteiger partial charge in [-0.3, -0.25) is 9.36 Å². The van der Waals surface area contributed by atoms with Gasteiger partial charge in [-0.15, -0.1) is 10.2 Å². The Balaban J connectivity index is 1.41. The number of aromatic nitrogens is 3. The molecule has 2 fully saturated rings. The van der Waals surface area contributed by atoms with Gasteiger partial charge >= 0.3 is 0 Å². The molecule has 0 aliphatic heterocycles. The Labute approximate surface area is 151 Å². The molecule has 2 heterocycles. The molecule has 6 nitrogen and oxygen atoms in total. The predicted octanol–water partition coefficient (Wildman–Crippen LogP) is 4.18. The van der Waals surface area contributed by atoms with Crippen molar-refractivity contribution in [2.45, 2.75) is 44.4 Å². The quantitative estimate of drug-likeness (QED) is 0.751. The van der Waals surface area contributed by atoms with Crippen molar-refractivity contribution >= 4 is 11.6 Å². The lowest BCUT2D eigenvalue weighted by molar-refractivity contribution is 0.102. The van der Waals surface area contributed by atoms with E-state index in [4.69, 9.17) is 4.42 Å². The van der Waals surface area contributed by atoms with Crippen LogP contribution in [0.1, 0.15) is 65.2 Å². The number of rotatable bonds is 5. The summed E-state index contributed by atoms with van der Waals surface area (Å²) in [5, 5.41) is 10.9. The molecule has 0 bridgehead atoms. The van der Waals surface area contributed by atoms with E-state index in [0.29, 0.717) is 17.4 Å². The summed E-state index contributed by atoms with van der Waals surface area (Å²) >= 11 is 0. The molecule has 2 saturated carbocycles. The van der Waals surface area contributed by atoms with Crippen LogP contribution >= 0.6 is 0 Å². The molecule has 1 amide bonds. The summed E-state index contributed by atoms with van der Waals surface area (Å²) in [6.45, 7) is 1.89. The molecular weight excluding hydrogens is 328 g/mol. The van der Waals surface area contributed by atoms with E-state index in [2.05, 4.69) is 15.5 Å². The monoisotopic (exact) mass is 348 g/mol. The fourth-order valence-corrected chi connectivity index (χ4v) is 3.30. The molecular formula is C20H20N4O2. The van der Waals surface area contributed by atoms with Gasteiger partial charge in [0.25, 0.3) is 5.91 Å². The summed E-state index contributed by atoms with van der Waals surface area (Å²) < 4.78 is 7.92. The first kappa shape index (κ1) is 15.4. The smallest absolute Gasteiger partial charge is 0.259 e. The van der Waals surface area contributed by atoms with Gasteiger partial charge in [-0.2, -0.15) is 0 Å². The van der Waals surface area contributed by atoms with Crippen LogP contribution in [0.5, 0.6) is 0 Å². The SMILES string of the molecule is Cc1nncn1-c1cccc(NC(=O)c2cc(C3CC3)oc2C2CC2)c1. The van der Waals surface area contributed by atoms with Crippen LogP contribution in [0.25, 0.3) is 5.69 Å². The highest BCUT2D eigenvalue weighted by atomic mass is 16.3. The summed E-state index contributed by atoms with van der Waals surface area (Å²) in [5.41, 5.74) is 2.36. The molecule has 0 atom stereocenters. The molecule has 0 radical (unpaired) electrons. The molecule has 132 valence electrons. The van der Waals surface area contributed by atoms with E-state index >= 15 is 0 Å². The van der Waals surface area contributed by atoms with Gasteiger partial charge in [-0.05, 0) is 56.9 Å². The number of amides is 1. The molecule has 2 aliphatic carbocycles. The van der Waals surface area contributed by atoms with Crippen molar-refractivity contribution in [1.29, 1.82) is 0 Å². The van der Waals surface area contributed by atoms with Crippen molar-refractivity contribution in [2.24, 2.45) is 0 Å². The maximum absolute atomic E-state index is 12.9. The van der Waals surface area contributed by atoms with Gasteiger partial charge in [0.15, 0.2) is 0 Å². The Morgan fingerprint density at radius 3 is 2.69 bits per heavy atom. The molecule has 1 aromatic carbocycles. The molecule has 2 aliphatic rings. The first-order valence-electron chi connectivity index (χ1n) is 9.11. The van der Waals surface area contributed by atoms with Gasteiger partial charge in [0.2, 0.25) is 0 Å². The zero-order valence-electron chi connectivity index (χ0n) is 14.6. The van der Waals surface area contributed by atoms with Crippen molar-refractivity contribution < 1.29 is 9.21 Å². The number of nitrogens with one attached hydrogen (secondary N) is 1. The molecule has 0 saturated heterocycles. The fraction of sp³-hybridized carbons (Fsp3) is 0.350. The van der Waals surface area contributed by atoms with Crippen LogP contribution in [0, 0.1) is 6.92 Å². The highest BCUT2D eigenvalue weighted by Gasteiger charge is 2.36. The third-order valence-electron chi connectivity index (χ3n) is 5.05. The average molecular weight is 348 g/mol. The molecule has 2 aromatic heterocycles. The standard InChI is InChI=1S/C20H20N4O2/c1-12-23-21-11-24(12)16-4-2-3-15(9-16)22-20(25)17-10-18(13-5-6-13)26-19(17)14-7-8-14/h2-4,9-11,13-14H,5-8H2,1H3,(H,22,25). The normalized spacial score (nSPS) is 16.7. The van der Waals surface area contributed by atoms with Gasteiger partial charge in [0, 0.05) is 17.5 Å². The number of furan rings is 1. The fourth-order valence-electron chi connectivity index (χ4n) is 3.30. The largest absolute Gasteiger partial charge is 0.465 e. The van der Waals surface area contributed by atoms with E-state index in [1.165, 1.54) is 12.8 Å². The predicted molar refractivity (Wildman–Crippen MR) is 96.7 cm³/mol. The van der Waals surface area contributed by atoms with Crippen molar-refractivity contribution in [1.82, 2.24) is 14.8 Å². The van der Waals surface area contributed by atoms with E-state index in [1.54, 1.807) is 6.33 Å². The van der Waals surface area contributed by atoms with Crippen LogP contribution in [0.15, 0.2) is 41.1 Å². The number of hydrogen-bond acceptors (Lipinski definition) is 4. The van der Waals surface area contributed by atoms with Gasteiger partial charge in [-0.1, -0.05) is 6.07 Å². The molecule has 6 heteroatoms. The van der Waals surface area contributed by atoms with Crippen LogP contribution < -0.4 is 5.32 Å². The van der Waals surface area contributed by atoms with Crippen molar-refractivity contribution in [3.8, 4) is 5.69 Å². The highest BCUT2D eigenvalue weighted by molar-refractivity contribution is 6.05. The van der Waals surface area contributed by atoms with Gasteiger partial charge in [-0.25, -0.2) is 0 Å². The lowest BCUT2D eigenvalue weighted by Crippen LogP contribution is -2.13.